The zero-order chi connectivity index (χ0) is 19.9. The number of aromatic amines is 1. The van der Waals surface area contributed by atoms with E-state index in [9.17, 15) is 18.0 Å². The molecule has 142 valence electrons. The summed E-state index contributed by atoms with van der Waals surface area (Å²) in [5.74, 6) is -0.856. The van der Waals surface area contributed by atoms with Crippen LogP contribution in [0, 0.1) is 11.0 Å². The first kappa shape index (κ1) is 18.4. The van der Waals surface area contributed by atoms with Crippen molar-refractivity contribution in [1.29, 1.82) is 0 Å². The zero-order valence-electron chi connectivity index (χ0n) is 14.3. The van der Waals surface area contributed by atoms with E-state index >= 15 is 0 Å². The Balaban J connectivity index is 1.72. The quantitative estimate of drug-likeness (QED) is 0.405. The highest BCUT2D eigenvalue weighted by Gasteiger charge is 2.20. The van der Waals surface area contributed by atoms with Gasteiger partial charge in [0, 0.05) is 22.7 Å². The second kappa shape index (κ2) is 6.88. The molecule has 0 fully saturated rings. The molecule has 0 aliphatic heterocycles. The summed E-state index contributed by atoms with van der Waals surface area (Å²) in [6, 6.07) is 13.2. The molecule has 0 aliphatic rings. The van der Waals surface area contributed by atoms with Crippen molar-refractivity contribution in [3.05, 3.63) is 82.4 Å². The fraction of sp³-hybridized carbons (Fsp3) is 0.0526. The summed E-state index contributed by atoms with van der Waals surface area (Å²) >= 11 is 5.71. The van der Waals surface area contributed by atoms with E-state index < -0.39 is 21.4 Å². The van der Waals surface area contributed by atoms with Crippen molar-refractivity contribution >= 4 is 32.5 Å². The predicted molar refractivity (Wildman–Crippen MR) is 103 cm³/mol. The highest BCUT2D eigenvalue weighted by molar-refractivity contribution is 7.90. The maximum atomic E-state index is 14.0. The largest absolute Gasteiger partial charge is 0.618 e. The number of hydrogen-bond donors (Lipinski definition) is 1. The Morgan fingerprint density at radius 3 is 2.71 bits per heavy atom. The Bertz CT molecular complexity index is 1310. The molecule has 2 heterocycles. The van der Waals surface area contributed by atoms with E-state index in [0.717, 1.165) is 6.07 Å². The number of pyridine rings is 1. The van der Waals surface area contributed by atoms with Crippen molar-refractivity contribution < 1.29 is 17.5 Å². The molecule has 6 nitrogen and oxygen atoms in total. The molecule has 4 aromatic rings. The van der Waals surface area contributed by atoms with Crippen LogP contribution in [0.2, 0.25) is 5.02 Å². The Kier molecular flexibility index (Phi) is 4.52. The smallest absolute Gasteiger partial charge is 0.259 e. The number of nitrogens with zero attached hydrogens (tertiary/aromatic N) is 2. The molecule has 2 aromatic carbocycles. The summed E-state index contributed by atoms with van der Waals surface area (Å²) in [5.41, 5.74) is 1.31. The lowest BCUT2D eigenvalue weighted by Crippen LogP contribution is -2.28. The van der Waals surface area contributed by atoms with E-state index in [1.807, 2.05) is 0 Å². The Morgan fingerprint density at radius 2 is 1.96 bits per heavy atom. The third-order valence-corrected chi connectivity index (χ3v) is 6.14. The van der Waals surface area contributed by atoms with Crippen molar-refractivity contribution in [1.82, 2.24) is 9.97 Å². The van der Waals surface area contributed by atoms with Crippen molar-refractivity contribution in [2.75, 3.05) is 0 Å². The molecule has 0 saturated carbocycles. The maximum Gasteiger partial charge on any atom is 0.259 e. The second-order valence-corrected chi connectivity index (χ2v) is 8.60. The van der Waals surface area contributed by atoms with Gasteiger partial charge in [-0.05, 0) is 36.4 Å². The number of H-pyrrole nitrogens is 1. The minimum Gasteiger partial charge on any atom is -0.618 e. The van der Waals surface area contributed by atoms with Gasteiger partial charge in [-0.2, -0.15) is 4.73 Å². The molecule has 0 atom stereocenters. The van der Waals surface area contributed by atoms with Gasteiger partial charge >= 0.3 is 0 Å². The molecule has 0 spiro atoms. The van der Waals surface area contributed by atoms with Crippen LogP contribution in [0.5, 0.6) is 0 Å². The van der Waals surface area contributed by atoms with Gasteiger partial charge in [0.05, 0.1) is 21.7 Å². The van der Waals surface area contributed by atoms with Crippen molar-refractivity contribution in [2.45, 2.75) is 10.6 Å². The lowest BCUT2D eigenvalue weighted by molar-refractivity contribution is -0.594. The van der Waals surface area contributed by atoms with Crippen LogP contribution in [-0.2, 0) is 15.6 Å². The summed E-state index contributed by atoms with van der Waals surface area (Å²) in [4.78, 5) is 7.33. The highest BCUT2D eigenvalue weighted by atomic mass is 35.5. The third kappa shape index (κ3) is 3.44. The molecule has 0 unspecified atom stereocenters. The van der Waals surface area contributed by atoms with Crippen LogP contribution in [0.15, 0.2) is 65.7 Å². The normalized spacial score (nSPS) is 11.8. The zero-order valence-corrected chi connectivity index (χ0v) is 15.8. The lowest BCUT2D eigenvalue weighted by Gasteiger charge is -2.06. The lowest BCUT2D eigenvalue weighted by atomic mass is 10.2. The SMILES string of the molecule is O=S(=O)(Cc1ccc(Cl)cc1F)c1ccc2[nH]c(-c3cccc[n+]3[O-])nc2c1. The van der Waals surface area contributed by atoms with Gasteiger partial charge in [-0.3, -0.25) is 0 Å². The number of imidazole rings is 1. The van der Waals surface area contributed by atoms with E-state index in [1.165, 1.54) is 30.5 Å². The van der Waals surface area contributed by atoms with Gasteiger partial charge in [-0.25, -0.2) is 17.8 Å². The van der Waals surface area contributed by atoms with E-state index in [-0.39, 0.29) is 15.5 Å². The van der Waals surface area contributed by atoms with Gasteiger partial charge < -0.3 is 10.2 Å². The van der Waals surface area contributed by atoms with Crippen molar-refractivity contribution in [3.8, 4) is 11.5 Å². The van der Waals surface area contributed by atoms with Crippen LogP contribution in [0.4, 0.5) is 4.39 Å². The fourth-order valence-corrected chi connectivity index (χ4v) is 4.37. The van der Waals surface area contributed by atoms with Gasteiger partial charge in [0.1, 0.15) is 5.82 Å². The van der Waals surface area contributed by atoms with Gasteiger partial charge in [0.2, 0.25) is 5.82 Å². The number of nitrogens with one attached hydrogen (secondary N) is 1. The first-order valence-corrected chi connectivity index (χ1v) is 10.2. The molecule has 2 aromatic heterocycles. The standard InChI is InChI=1S/C19H13ClFN3O3S/c20-13-5-4-12(15(21)9-13)11-28(26,27)14-6-7-16-17(10-14)23-19(22-16)18-3-1-2-8-24(18)25/h1-10H,11H2,(H,22,23). The first-order valence-electron chi connectivity index (χ1n) is 8.18. The van der Waals surface area contributed by atoms with Crippen LogP contribution >= 0.6 is 11.6 Å². The predicted octanol–water partition coefficient (Wildman–Crippen LogP) is 3.63. The number of halogens is 2. The monoisotopic (exact) mass is 417 g/mol. The average molecular weight is 418 g/mol. The Hall–Kier alpha value is -2.97. The van der Waals surface area contributed by atoms with E-state index in [2.05, 4.69) is 9.97 Å². The molecule has 9 heteroatoms. The fourth-order valence-electron chi connectivity index (χ4n) is 2.84. The van der Waals surface area contributed by atoms with Crippen LogP contribution in [-0.4, -0.2) is 18.4 Å². The molecule has 0 radical (unpaired) electrons. The molecule has 0 saturated heterocycles. The molecule has 1 N–H and O–H groups in total. The number of aromatic nitrogens is 3. The number of fused-ring (bicyclic) bond motifs is 1. The molecule has 28 heavy (non-hydrogen) atoms. The summed E-state index contributed by atoms with van der Waals surface area (Å²) < 4.78 is 40.1. The van der Waals surface area contributed by atoms with E-state index in [0.29, 0.717) is 27.3 Å². The summed E-state index contributed by atoms with van der Waals surface area (Å²) in [5, 5.41) is 12.1. The molecule has 0 aliphatic carbocycles. The summed E-state index contributed by atoms with van der Waals surface area (Å²) in [6.45, 7) is 0. The topological polar surface area (TPSA) is 89.8 Å². The number of benzene rings is 2. The van der Waals surface area contributed by atoms with Crippen molar-refractivity contribution in [3.63, 3.8) is 0 Å². The maximum absolute atomic E-state index is 14.0. The van der Waals surface area contributed by atoms with Gasteiger partial charge in [-0.15, -0.1) is 0 Å². The molecule has 0 bridgehead atoms. The van der Waals surface area contributed by atoms with E-state index in [4.69, 9.17) is 11.6 Å². The number of rotatable bonds is 4. The molecular weight excluding hydrogens is 405 g/mol. The first-order chi connectivity index (χ1) is 13.3. The van der Waals surface area contributed by atoms with Gasteiger partial charge in [-0.1, -0.05) is 17.7 Å². The van der Waals surface area contributed by atoms with Crippen LogP contribution < -0.4 is 4.73 Å². The van der Waals surface area contributed by atoms with Crippen LogP contribution in [0.25, 0.3) is 22.6 Å². The van der Waals surface area contributed by atoms with Crippen molar-refractivity contribution in [2.24, 2.45) is 0 Å². The average Bonchev–Trinajstić information content (AvgIpc) is 3.07. The molecule has 0 amide bonds. The summed E-state index contributed by atoms with van der Waals surface area (Å²) in [7, 11) is -3.81. The second-order valence-electron chi connectivity index (χ2n) is 6.17. The molecule has 4 rings (SSSR count). The Morgan fingerprint density at radius 1 is 1.14 bits per heavy atom. The minimum absolute atomic E-state index is 0.00969. The summed E-state index contributed by atoms with van der Waals surface area (Å²) in [6.07, 6.45) is 1.35. The van der Waals surface area contributed by atoms with Crippen LogP contribution in [0.3, 0.4) is 0 Å². The van der Waals surface area contributed by atoms with Crippen LogP contribution in [0.1, 0.15) is 5.56 Å². The van der Waals surface area contributed by atoms with E-state index in [1.54, 1.807) is 24.3 Å². The Labute approximate surface area is 164 Å². The number of hydrogen-bond acceptors (Lipinski definition) is 4. The highest BCUT2D eigenvalue weighted by Crippen LogP contribution is 2.25. The molecular formula is C19H13ClFN3O3S. The number of sulfone groups is 1. The van der Waals surface area contributed by atoms with Gasteiger partial charge in [0.15, 0.2) is 16.0 Å². The third-order valence-electron chi connectivity index (χ3n) is 4.24. The minimum atomic E-state index is -3.81. The van der Waals surface area contributed by atoms with Gasteiger partial charge in [0.25, 0.3) is 5.69 Å².